The van der Waals surface area contributed by atoms with E-state index in [2.05, 4.69) is 36.2 Å². The van der Waals surface area contributed by atoms with E-state index in [0.717, 1.165) is 30.6 Å². The number of hydrogen-bond acceptors (Lipinski definition) is 5. The molecule has 0 heterocycles. The van der Waals surface area contributed by atoms with Crippen LogP contribution in [0.4, 0.5) is 11.4 Å². The lowest BCUT2D eigenvalue weighted by atomic mass is 10.2. The van der Waals surface area contributed by atoms with Crippen molar-refractivity contribution in [1.82, 2.24) is 5.32 Å². The lowest BCUT2D eigenvalue weighted by Gasteiger charge is -2.23. The van der Waals surface area contributed by atoms with Crippen molar-refractivity contribution in [3.05, 3.63) is 53.1 Å². The molecule has 9 heteroatoms. The van der Waals surface area contributed by atoms with Crippen LogP contribution in [-0.4, -0.2) is 47.3 Å². The van der Waals surface area contributed by atoms with Crippen molar-refractivity contribution >= 4 is 38.9 Å². The summed E-state index contributed by atoms with van der Waals surface area (Å²) in [6.07, 6.45) is 1.73. The molecule has 0 radical (unpaired) electrons. The summed E-state index contributed by atoms with van der Waals surface area (Å²) in [4.78, 5) is 14.5. The van der Waals surface area contributed by atoms with Crippen LogP contribution in [0.2, 0.25) is 5.02 Å². The molecule has 1 amide bonds. The molecule has 0 saturated heterocycles. The summed E-state index contributed by atoms with van der Waals surface area (Å²) in [5, 5.41) is 3.22. The molecule has 1 N–H and O–H groups in total. The Balaban J connectivity index is 1.89. The van der Waals surface area contributed by atoms with Crippen molar-refractivity contribution in [3.8, 4) is 5.75 Å². The van der Waals surface area contributed by atoms with E-state index in [1.54, 1.807) is 18.2 Å². The van der Waals surface area contributed by atoms with Crippen LogP contribution in [0.25, 0.3) is 0 Å². The Morgan fingerprint density at radius 2 is 1.69 bits per heavy atom. The second-order valence-corrected chi connectivity index (χ2v) is 9.69. The third kappa shape index (κ3) is 7.31. The zero-order valence-electron chi connectivity index (χ0n) is 19.1. The molecule has 2 aromatic carbocycles. The standard InChI is InChI=1S/C23H32ClN3O4S/c1-5-26(6-2)19-11-9-18(10-12-19)17-25-23(28)8-7-15-27(32(4,29)30)20-13-14-22(31-3)21(24)16-20/h9-14,16H,5-8,15,17H2,1-4H3,(H,25,28). The summed E-state index contributed by atoms with van der Waals surface area (Å²) in [6, 6.07) is 12.9. The molecular formula is C23H32ClN3O4S. The molecule has 0 fully saturated rings. The average Bonchev–Trinajstić information content (AvgIpc) is 2.76. The number of sulfonamides is 1. The number of rotatable bonds is 12. The van der Waals surface area contributed by atoms with E-state index in [9.17, 15) is 13.2 Å². The van der Waals surface area contributed by atoms with Crippen LogP contribution in [0.5, 0.6) is 5.75 Å². The van der Waals surface area contributed by atoms with Crippen LogP contribution in [0.15, 0.2) is 42.5 Å². The van der Waals surface area contributed by atoms with Gasteiger partial charge in [-0.1, -0.05) is 23.7 Å². The third-order valence-electron chi connectivity index (χ3n) is 5.14. The maximum atomic E-state index is 12.3. The van der Waals surface area contributed by atoms with E-state index in [4.69, 9.17) is 16.3 Å². The van der Waals surface area contributed by atoms with Crippen molar-refractivity contribution in [2.45, 2.75) is 33.2 Å². The number of amides is 1. The van der Waals surface area contributed by atoms with Gasteiger partial charge in [0.1, 0.15) is 5.75 Å². The van der Waals surface area contributed by atoms with Gasteiger partial charge in [0.15, 0.2) is 0 Å². The highest BCUT2D eigenvalue weighted by atomic mass is 35.5. The van der Waals surface area contributed by atoms with E-state index in [0.29, 0.717) is 29.4 Å². The molecule has 0 atom stereocenters. The second-order valence-electron chi connectivity index (χ2n) is 7.37. The van der Waals surface area contributed by atoms with E-state index in [-0.39, 0.29) is 18.9 Å². The van der Waals surface area contributed by atoms with E-state index in [1.807, 2.05) is 12.1 Å². The van der Waals surface area contributed by atoms with Crippen LogP contribution in [-0.2, 0) is 21.4 Å². The average molecular weight is 482 g/mol. The fourth-order valence-electron chi connectivity index (χ4n) is 3.38. The molecule has 0 aliphatic carbocycles. The van der Waals surface area contributed by atoms with Gasteiger partial charge < -0.3 is 15.0 Å². The van der Waals surface area contributed by atoms with Gasteiger partial charge in [0.05, 0.1) is 24.1 Å². The molecule has 0 aliphatic heterocycles. The minimum absolute atomic E-state index is 0.126. The van der Waals surface area contributed by atoms with Crippen molar-refractivity contribution in [2.24, 2.45) is 0 Å². The van der Waals surface area contributed by atoms with Gasteiger partial charge in [-0.05, 0) is 56.2 Å². The summed E-state index contributed by atoms with van der Waals surface area (Å²) >= 11 is 6.14. The summed E-state index contributed by atoms with van der Waals surface area (Å²) in [7, 11) is -2.03. The summed E-state index contributed by atoms with van der Waals surface area (Å²) in [5.41, 5.74) is 2.61. The smallest absolute Gasteiger partial charge is 0.232 e. The maximum absolute atomic E-state index is 12.3. The molecule has 7 nitrogen and oxygen atoms in total. The van der Waals surface area contributed by atoms with E-state index < -0.39 is 10.0 Å². The fourth-order valence-corrected chi connectivity index (χ4v) is 4.59. The zero-order valence-corrected chi connectivity index (χ0v) is 20.7. The molecule has 2 rings (SSSR count). The lowest BCUT2D eigenvalue weighted by molar-refractivity contribution is -0.121. The summed E-state index contributed by atoms with van der Waals surface area (Å²) in [6.45, 7) is 6.73. The second kappa shape index (κ2) is 12.0. The summed E-state index contributed by atoms with van der Waals surface area (Å²) in [5.74, 6) is 0.340. The predicted octanol–water partition coefficient (Wildman–Crippen LogP) is 4.06. The minimum Gasteiger partial charge on any atom is -0.495 e. The molecular weight excluding hydrogens is 450 g/mol. The van der Waals surface area contributed by atoms with E-state index >= 15 is 0 Å². The number of benzene rings is 2. The van der Waals surface area contributed by atoms with Crippen LogP contribution in [0.1, 0.15) is 32.3 Å². The number of halogens is 1. The number of carbonyl (C=O) groups is 1. The van der Waals surface area contributed by atoms with Crippen molar-refractivity contribution < 1.29 is 17.9 Å². The zero-order chi connectivity index (χ0) is 23.7. The van der Waals surface area contributed by atoms with Gasteiger partial charge in [-0.3, -0.25) is 9.10 Å². The van der Waals surface area contributed by atoms with Crippen LogP contribution in [0.3, 0.4) is 0 Å². The first kappa shape index (κ1) is 25.8. The topological polar surface area (TPSA) is 79.0 Å². The first-order valence-electron chi connectivity index (χ1n) is 10.6. The molecule has 0 bridgehead atoms. The Kier molecular flexibility index (Phi) is 9.65. The molecule has 32 heavy (non-hydrogen) atoms. The van der Waals surface area contributed by atoms with Crippen molar-refractivity contribution in [3.63, 3.8) is 0 Å². The SMILES string of the molecule is CCN(CC)c1ccc(CNC(=O)CCCN(c2ccc(OC)c(Cl)c2)S(C)(=O)=O)cc1. The molecule has 0 unspecified atom stereocenters. The largest absolute Gasteiger partial charge is 0.495 e. The Bertz CT molecular complexity index is 993. The first-order chi connectivity index (χ1) is 15.2. The maximum Gasteiger partial charge on any atom is 0.232 e. The van der Waals surface area contributed by atoms with Crippen LogP contribution in [0, 0.1) is 0 Å². The molecule has 0 aliphatic rings. The molecule has 176 valence electrons. The van der Waals surface area contributed by atoms with Gasteiger partial charge >= 0.3 is 0 Å². The number of methoxy groups -OCH3 is 1. The first-order valence-corrected chi connectivity index (χ1v) is 12.8. The molecule has 0 spiro atoms. The van der Waals surface area contributed by atoms with Gasteiger partial charge in [-0.25, -0.2) is 8.42 Å². The molecule has 2 aromatic rings. The Labute approximate surface area is 196 Å². The Hall–Kier alpha value is -2.45. The van der Waals surface area contributed by atoms with Gasteiger partial charge in [0.2, 0.25) is 15.9 Å². The monoisotopic (exact) mass is 481 g/mol. The van der Waals surface area contributed by atoms with Gasteiger partial charge in [-0.15, -0.1) is 0 Å². The normalized spacial score (nSPS) is 11.2. The molecule has 0 aromatic heterocycles. The third-order valence-corrected chi connectivity index (χ3v) is 6.63. The van der Waals surface area contributed by atoms with Gasteiger partial charge in [-0.2, -0.15) is 0 Å². The highest BCUT2D eigenvalue weighted by molar-refractivity contribution is 7.92. The van der Waals surface area contributed by atoms with Crippen molar-refractivity contribution in [2.75, 3.05) is 42.2 Å². The van der Waals surface area contributed by atoms with Crippen molar-refractivity contribution in [1.29, 1.82) is 0 Å². The highest BCUT2D eigenvalue weighted by Crippen LogP contribution is 2.30. The number of ether oxygens (including phenoxy) is 1. The predicted molar refractivity (Wildman–Crippen MR) is 131 cm³/mol. The number of hydrogen-bond donors (Lipinski definition) is 1. The number of nitrogens with one attached hydrogen (secondary N) is 1. The number of anilines is 2. The van der Waals surface area contributed by atoms with E-state index in [1.165, 1.54) is 11.4 Å². The molecule has 0 saturated carbocycles. The van der Waals surface area contributed by atoms with Crippen LogP contribution < -0.4 is 19.3 Å². The lowest BCUT2D eigenvalue weighted by Crippen LogP contribution is -2.32. The van der Waals surface area contributed by atoms with Crippen LogP contribution >= 0.6 is 11.6 Å². The Morgan fingerprint density at radius 3 is 2.22 bits per heavy atom. The minimum atomic E-state index is -3.53. The van der Waals surface area contributed by atoms with Gasteiger partial charge in [0.25, 0.3) is 0 Å². The summed E-state index contributed by atoms with van der Waals surface area (Å²) < 4.78 is 30.9. The Morgan fingerprint density at radius 1 is 1.06 bits per heavy atom. The fraction of sp³-hybridized carbons (Fsp3) is 0.435. The quantitative estimate of drug-likeness (QED) is 0.494. The highest BCUT2D eigenvalue weighted by Gasteiger charge is 2.19. The van der Waals surface area contributed by atoms with Gasteiger partial charge in [0, 0.05) is 38.3 Å². The number of nitrogens with zero attached hydrogens (tertiary/aromatic N) is 2. The number of carbonyl (C=O) groups excluding carboxylic acids is 1.